The third kappa shape index (κ3) is 4.31. The second kappa shape index (κ2) is 8.92. The van der Waals surface area contributed by atoms with Gasteiger partial charge < -0.3 is 5.32 Å². The first kappa shape index (κ1) is 21.1. The Kier molecular flexibility index (Phi) is 5.88. The molecule has 0 fully saturated rings. The maximum atomic E-state index is 13.2. The van der Waals surface area contributed by atoms with E-state index in [-0.39, 0.29) is 13.1 Å². The lowest BCUT2D eigenvalue weighted by Gasteiger charge is -2.14. The molecule has 1 N–H and O–H groups in total. The summed E-state index contributed by atoms with van der Waals surface area (Å²) < 4.78 is 2.38. The second-order valence-corrected chi connectivity index (χ2v) is 7.58. The number of nitrogens with one attached hydrogen (secondary N) is 1. The van der Waals surface area contributed by atoms with Gasteiger partial charge in [-0.1, -0.05) is 35.9 Å². The van der Waals surface area contributed by atoms with Crippen LogP contribution in [0.5, 0.6) is 0 Å². The molecule has 1 heterocycles. The van der Waals surface area contributed by atoms with Crippen LogP contribution in [-0.2, 0) is 17.9 Å². The molecule has 32 heavy (non-hydrogen) atoms. The molecule has 0 aliphatic rings. The number of rotatable bonds is 5. The fourth-order valence-electron chi connectivity index (χ4n) is 3.45. The van der Waals surface area contributed by atoms with E-state index in [1.165, 1.54) is 4.57 Å². The van der Waals surface area contributed by atoms with Crippen LogP contribution in [-0.4, -0.2) is 15.0 Å². The van der Waals surface area contributed by atoms with Gasteiger partial charge in [0.05, 0.1) is 29.1 Å². The third-order valence-corrected chi connectivity index (χ3v) is 5.20. The number of hydrogen-bond acceptors (Lipinski definition) is 4. The highest BCUT2D eigenvalue weighted by Gasteiger charge is 2.16. The van der Waals surface area contributed by atoms with Crippen molar-refractivity contribution < 1.29 is 4.79 Å². The fraction of sp³-hybridized carbons (Fsp3) is 0.0833. The molecule has 4 aromatic rings. The topological polar surface area (TPSA) is 96.9 Å². The van der Waals surface area contributed by atoms with Gasteiger partial charge in [-0.3, -0.25) is 18.7 Å². The summed E-state index contributed by atoms with van der Waals surface area (Å²) in [6.07, 6.45) is 0. The Morgan fingerprint density at radius 1 is 0.969 bits per heavy atom. The van der Waals surface area contributed by atoms with E-state index in [9.17, 15) is 14.4 Å². The number of carbonyl (C=O) groups excluding carboxylic acids is 1. The van der Waals surface area contributed by atoms with Crippen LogP contribution in [0.4, 0.5) is 5.69 Å². The first-order valence-electron chi connectivity index (χ1n) is 9.73. The molecule has 158 valence electrons. The molecule has 0 spiro atoms. The molecule has 0 saturated carbocycles. The van der Waals surface area contributed by atoms with E-state index in [0.717, 1.165) is 4.57 Å². The van der Waals surface area contributed by atoms with Gasteiger partial charge in [0.1, 0.15) is 6.54 Å². The minimum atomic E-state index is -0.594. The van der Waals surface area contributed by atoms with E-state index in [1.54, 1.807) is 72.8 Å². The molecule has 1 aromatic heterocycles. The maximum absolute atomic E-state index is 13.2. The van der Waals surface area contributed by atoms with E-state index < -0.39 is 17.2 Å². The number of benzene rings is 3. The molecule has 0 aliphatic heterocycles. The van der Waals surface area contributed by atoms with E-state index in [0.29, 0.717) is 32.7 Å². The molecule has 0 saturated heterocycles. The molecule has 1 amide bonds. The highest BCUT2D eigenvalue weighted by Crippen LogP contribution is 2.13. The zero-order valence-corrected chi connectivity index (χ0v) is 17.5. The van der Waals surface area contributed by atoms with Crippen LogP contribution in [0.15, 0.2) is 82.4 Å². The molecule has 0 atom stereocenters. The van der Waals surface area contributed by atoms with E-state index in [1.807, 2.05) is 6.07 Å². The average Bonchev–Trinajstić information content (AvgIpc) is 2.80. The molecule has 7 nitrogen and oxygen atoms in total. The second-order valence-electron chi connectivity index (χ2n) is 7.14. The molecule has 4 rings (SSSR count). The van der Waals surface area contributed by atoms with Gasteiger partial charge in [0.15, 0.2) is 0 Å². The first-order chi connectivity index (χ1) is 15.5. The minimum Gasteiger partial charge on any atom is -0.325 e. The standard InChI is InChI=1S/C24H17ClN4O3/c25-18-5-3-4-17(12-18)14-29-23(31)20-6-1-2-7-21(20)28(24(29)32)15-22(30)27-19-10-8-16(13-26)9-11-19/h1-12H,14-15H2,(H,27,30). The Morgan fingerprint density at radius 2 is 1.72 bits per heavy atom. The van der Waals surface area contributed by atoms with Gasteiger partial charge >= 0.3 is 5.69 Å². The predicted octanol–water partition coefficient (Wildman–Crippen LogP) is 3.38. The van der Waals surface area contributed by atoms with Gasteiger partial charge in [-0.15, -0.1) is 0 Å². The Balaban J connectivity index is 1.73. The Morgan fingerprint density at radius 3 is 2.44 bits per heavy atom. The Hall–Kier alpha value is -4.15. The van der Waals surface area contributed by atoms with Crippen molar-refractivity contribution in [2.45, 2.75) is 13.1 Å². The van der Waals surface area contributed by atoms with Crippen LogP contribution in [0.2, 0.25) is 5.02 Å². The largest absolute Gasteiger partial charge is 0.332 e. The van der Waals surface area contributed by atoms with Crippen LogP contribution in [0, 0.1) is 11.3 Å². The summed E-state index contributed by atoms with van der Waals surface area (Å²) in [7, 11) is 0. The van der Waals surface area contributed by atoms with Crippen molar-refractivity contribution in [1.29, 1.82) is 5.26 Å². The van der Waals surface area contributed by atoms with Gasteiger partial charge in [-0.2, -0.15) is 5.26 Å². The van der Waals surface area contributed by atoms with Crippen molar-refractivity contribution in [2.24, 2.45) is 0 Å². The summed E-state index contributed by atoms with van der Waals surface area (Å²) in [5.41, 5.74) is 1.01. The molecule has 0 unspecified atom stereocenters. The van der Waals surface area contributed by atoms with Crippen molar-refractivity contribution in [2.75, 3.05) is 5.32 Å². The summed E-state index contributed by atoms with van der Waals surface area (Å²) in [6, 6.07) is 22.0. The summed E-state index contributed by atoms with van der Waals surface area (Å²) in [4.78, 5) is 38.9. The number of amides is 1. The lowest BCUT2D eigenvalue weighted by Crippen LogP contribution is -2.42. The third-order valence-electron chi connectivity index (χ3n) is 4.96. The molecule has 0 radical (unpaired) electrons. The quantitative estimate of drug-likeness (QED) is 0.510. The molecule has 0 aliphatic carbocycles. The summed E-state index contributed by atoms with van der Waals surface area (Å²) in [5, 5.41) is 12.4. The number of anilines is 1. The highest BCUT2D eigenvalue weighted by molar-refractivity contribution is 6.30. The lowest BCUT2D eigenvalue weighted by molar-refractivity contribution is -0.116. The van der Waals surface area contributed by atoms with E-state index >= 15 is 0 Å². The summed E-state index contributed by atoms with van der Waals surface area (Å²) in [5.74, 6) is -0.435. The monoisotopic (exact) mass is 444 g/mol. The number of hydrogen-bond donors (Lipinski definition) is 1. The zero-order valence-electron chi connectivity index (χ0n) is 16.8. The van der Waals surface area contributed by atoms with E-state index in [2.05, 4.69) is 5.32 Å². The van der Waals surface area contributed by atoms with Crippen molar-refractivity contribution in [3.05, 3.63) is 110 Å². The molecule has 8 heteroatoms. The normalized spacial score (nSPS) is 10.6. The number of aromatic nitrogens is 2. The fourth-order valence-corrected chi connectivity index (χ4v) is 3.67. The number of para-hydroxylation sites is 1. The van der Waals surface area contributed by atoms with Gasteiger partial charge in [0.2, 0.25) is 5.91 Å². The number of halogens is 1. The maximum Gasteiger partial charge on any atom is 0.332 e. The van der Waals surface area contributed by atoms with E-state index in [4.69, 9.17) is 16.9 Å². The van der Waals surface area contributed by atoms with Crippen molar-refractivity contribution in [3.63, 3.8) is 0 Å². The van der Waals surface area contributed by atoms with Gasteiger partial charge in [0.25, 0.3) is 5.56 Å². The minimum absolute atomic E-state index is 0.0281. The van der Waals surface area contributed by atoms with Crippen LogP contribution in [0.25, 0.3) is 10.9 Å². The number of nitrogens with zero attached hydrogens (tertiary/aromatic N) is 3. The molecular formula is C24H17ClN4O3. The van der Waals surface area contributed by atoms with Crippen LogP contribution >= 0.6 is 11.6 Å². The first-order valence-corrected chi connectivity index (χ1v) is 10.1. The Labute approximate surface area is 187 Å². The molecule has 3 aromatic carbocycles. The van der Waals surface area contributed by atoms with Crippen LogP contribution in [0.3, 0.4) is 0 Å². The lowest BCUT2D eigenvalue weighted by atomic mass is 10.2. The molecule has 0 bridgehead atoms. The highest BCUT2D eigenvalue weighted by atomic mass is 35.5. The van der Waals surface area contributed by atoms with Gasteiger partial charge in [-0.05, 0) is 54.1 Å². The van der Waals surface area contributed by atoms with Gasteiger partial charge in [-0.25, -0.2) is 4.79 Å². The van der Waals surface area contributed by atoms with Gasteiger partial charge in [0, 0.05) is 10.7 Å². The Bertz CT molecular complexity index is 1480. The summed E-state index contributed by atoms with van der Waals surface area (Å²) in [6.45, 7) is -0.254. The zero-order chi connectivity index (χ0) is 22.7. The SMILES string of the molecule is N#Cc1ccc(NC(=O)Cn2c(=O)n(Cc3cccc(Cl)c3)c(=O)c3ccccc32)cc1. The number of carbonyl (C=O) groups is 1. The number of fused-ring (bicyclic) bond motifs is 1. The van der Waals surface area contributed by atoms with Crippen molar-refractivity contribution >= 4 is 34.1 Å². The summed E-state index contributed by atoms with van der Waals surface area (Å²) >= 11 is 6.04. The smallest absolute Gasteiger partial charge is 0.325 e. The van der Waals surface area contributed by atoms with Crippen LogP contribution < -0.4 is 16.6 Å². The van der Waals surface area contributed by atoms with Crippen LogP contribution in [0.1, 0.15) is 11.1 Å². The predicted molar refractivity (Wildman–Crippen MR) is 123 cm³/mol. The average molecular weight is 445 g/mol. The van der Waals surface area contributed by atoms with Crippen molar-refractivity contribution in [3.8, 4) is 6.07 Å². The number of nitriles is 1. The van der Waals surface area contributed by atoms with Crippen molar-refractivity contribution in [1.82, 2.24) is 9.13 Å². The molecular weight excluding hydrogens is 428 g/mol.